The largest absolute Gasteiger partial charge is 0.298 e. The lowest BCUT2D eigenvalue weighted by atomic mass is 9.60. The van der Waals surface area contributed by atoms with E-state index in [-0.39, 0.29) is 17.2 Å². The van der Waals surface area contributed by atoms with Crippen LogP contribution in [-0.2, 0) is 14.4 Å². The fourth-order valence-corrected chi connectivity index (χ4v) is 7.46. The number of Topliss-reactive ketones (excluding diaryl/α,β-unsaturated/α-hetero) is 1. The summed E-state index contributed by atoms with van der Waals surface area (Å²) in [5.41, 5.74) is 0.959. The van der Waals surface area contributed by atoms with E-state index in [2.05, 4.69) is 0 Å². The molecule has 3 aliphatic rings. The lowest BCUT2D eigenvalue weighted by Crippen LogP contribution is -2.41. The molecule has 0 N–H and O–H groups in total. The van der Waals surface area contributed by atoms with Crippen LogP contribution in [0.25, 0.3) is 11.1 Å². The van der Waals surface area contributed by atoms with Gasteiger partial charge in [0.25, 0.3) is 5.69 Å². The normalized spacial score (nSPS) is 27.8. The molecule has 3 aromatic rings. The first-order valence-corrected chi connectivity index (χ1v) is 12.9. The van der Waals surface area contributed by atoms with Crippen molar-refractivity contribution in [2.45, 2.75) is 26.7 Å². The van der Waals surface area contributed by atoms with Crippen molar-refractivity contribution in [3.63, 3.8) is 0 Å². The van der Waals surface area contributed by atoms with Gasteiger partial charge in [0.2, 0.25) is 11.8 Å². The Morgan fingerprint density at radius 3 is 1.63 bits per heavy atom. The number of allylic oxidation sites excluding steroid dienone is 2. The summed E-state index contributed by atoms with van der Waals surface area (Å²) in [4.78, 5) is 55.1. The Bertz CT molecular complexity index is 1460. The molecule has 2 bridgehead atoms. The van der Waals surface area contributed by atoms with Gasteiger partial charge in [-0.3, -0.25) is 24.5 Å². The second kappa shape index (κ2) is 8.31. The average Bonchev–Trinajstić information content (AvgIpc) is 3.45. The number of nitro groups is 1. The third-order valence-corrected chi connectivity index (χ3v) is 8.86. The maximum absolute atomic E-state index is 14.7. The molecule has 0 spiro atoms. The quantitative estimate of drug-likeness (QED) is 0.243. The predicted molar refractivity (Wildman–Crippen MR) is 143 cm³/mol. The zero-order valence-electron chi connectivity index (χ0n) is 21.1. The van der Waals surface area contributed by atoms with Crippen LogP contribution in [0.15, 0.2) is 84.9 Å². The van der Waals surface area contributed by atoms with Crippen molar-refractivity contribution in [3.8, 4) is 0 Å². The molecule has 1 heterocycles. The number of anilines is 1. The van der Waals surface area contributed by atoms with Crippen LogP contribution in [-0.4, -0.2) is 22.5 Å². The second-order valence-electron chi connectivity index (χ2n) is 10.2. The summed E-state index contributed by atoms with van der Waals surface area (Å²) in [5.74, 6) is -2.76. The van der Waals surface area contributed by atoms with Gasteiger partial charge in [0.1, 0.15) is 0 Å². The number of fused-ring (bicyclic) bond motifs is 5. The first-order chi connectivity index (χ1) is 18.3. The van der Waals surface area contributed by atoms with Crippen molar-refractivity contribution >= 4 is 40.1 Å². The standard InChI is InChI=1S/C31H26N2O5/c1-3-30-23(19-12-7-5-8-13-19)24(20-14-9-6-10-15-20)31(4-2,29(30)36)26-25(30)27(34)32(28(26)35)21-16-11-17-22(18-21)33(37)38/h5-18,25-26H,3-4H2,1-2H3. The third kappa shape index (κ3) is 2.76. The molecule has 0 radical (unpaired) electrons. The topological polar surface area (TPSA) is 97.6 Å². The van der Waals surface area contributed by atoms with E-state index in [1.165, 1.54) is 24.3 Å². The summed E-state index contributed by atoms with van der Waals surface area (Å²) >= 11 is 0. The van der Waals surface area contributed by atoms with Gasteiger partial charge in [-0.05, 0) is 41.2 Å². The van der Waals surface area contributed by atoms with Crippen LogP contribution < -0.4 is 4.90 Å². The van der Waals surface area contributed by atoms with Crippen LogP contribution in [0.4, 0.5) is 11.4 Å². The highest BCUT2D eigenvalue weighted by atomic mass is 16.6. The van der Waals surface area contributed by atoms with E-state index in [1.54, 1.807) is 0 Å². The molecule has 1 saturated carbocycles. The monoisotopic (exact) mass is 506 g/mol. The summed E-state index contributed by atoms with van der Waals surface area (Å²) in [7, 11) is 0. The van der Waals surface area contributed by atoms with E-state index in [4.69, 9.17) is 0 Å². The van der Waals surface area contributed by atoms with Gasteiger partial charge in [-0.1, -0.05) is 80.6 Å². The maximum atomic E-state index is 14.7. The zero-order chi connectivity index (χ0) is 26.8. The number of benzene rings is 3. The highest BCUT2D eigenvalue weighted by Gasteiger charge is 2.80. The number of carbonyl (C=O) groups is 3. The van der Waals surface area contributed by atoms with Crippen molar-refractivity contribution < 1.29 is 19.3 Å². The molecule has 4 unspecified atom stereocenters. The minimum absolute atomic E-state index is 0.0666. The Balaban J connectivity index is 1.65. The summed E-state index contributed by atoms with van der Waals surface area (Å²) in [6, 6.07) is 24.9. The summed E-state index contributed by atoms with van der Waals surface area (Å²) in [5, 5.41) is 11.4. The fraction of sp³-hybridized carbons (Fsp3) is 0.258. The van der Waals surface area contributed by atoms with E-state index < -0.39 is 39.4 Å². The fourth-order valence-electron chi connectivity index (χ4n) is 7.46. The lowest BCUT2D eigenvalue weighted by Gasteiger charge is -2.38. The molecule has 2 aliphatic carbocycles. The van der Waals surface area contributed by atoms with Crippen LogP contribution in [0.5, 0.6) is 0 Å². The number of nitrogens with zero attached hydrogens (tertiary/aromatic N) is 2. The SMILES string of the molecule is CCC12C(=O)C(CC)(C(c3ccccc3)=C1c1ccccc1)C1C(=O)N(c3cccc([N+](=O)[O-])c3)C(=O)C12. The van der Waals surface area contributed by atoms with E-state index in [0.717, 1.165) is 27.2 Å². The van der Waals surface area contributed by atoms with Gasteiger partial charge in [-0.2, -0.15) is 0 Å². The number of carbonyl (C=O) groups excluding carboxylic acids is 3. The van der Waals surface area contributed by atoms with Crippen LogP contribution in [0.2, 0.25) is 0 Å². The van der Waals surface area contributed by atoms with Crippen molar-refractivity contribution in [1.82, 2.24) is 0 Å². The summed E-state index contributed by atoms with van der Waals surface area (Å²) in [6.45, 7) is 3.82. The molecule has 38 heavy (non-hydrogen) atoms. The first-order valence-electron chi connectivity index (χ1n) is 12.9. The highest BCUT2D eigenvalue weighted by Crippen LogP contribution is 2.75. The molecule has 6 rings (SSSR count). The second-order valence-corrected chi connectivity index (χ2v) is 10.2. The van der Waals surface area contributed by atoms with Crippen molar-refractivity contribution in [1.29, 1.82) is 0 Å². The molecule has 7 heteroatoms. The Labute approximate surface area is 219 Å². The molecule has 2 amide bonds. The third-order valence-electron chi connectivity index (χ3n) is 8.86. The molecule has 1 aliphatic heterocycles. The maximum Gasteiger partial charge on any atom is 0.271 e. The summed E-state index contributed by atoms with van der Waals surface area (Å²) < 4.78 is 0. The van der Waals surface area contributed by atoms with Crippen molar-refractivity contribution in [2.24, 2.45) is 22.7 Å². The Kier molecular flexibility index (Phi) is 5.24. The van der Waals surface area contributed by atoms with E-state index in [0.29, 0.717) is 12.8 Å². The van der Waals surface area contributed by atoms with Gasteiger partial charge in [-0.15, -0.1) is 0 Å². The minimum atomic E-state index is -1.19. The van der Waals surface area contributed by atoms with Gasteiger partial charge < -0.3 is 0 Å². The molecule has 190 valence electrons. The lowest BCUT2D eigenvalue weighted by molar-refractivity contribution is -0.384. The Morgan fingerprint density at radius 2 is 1.21 bits per heavy atom. The number of rotatable bonds is 6. The van der Waals surface area contributed by atoms with E-state index in [1.807, 2.05) is 74.5 Å². The molecule has 3 aromatic carbocycles. The number of ketones is 1. The number of amides is 2. The van der Waals surface area contributed by atoms with E-state index in [9.17, 15) is 24.5 Å². The molecule has 7 nitrogen and oxygen atoms in total. The highest BCUT2D eigenvalue weighted by molar-refractivity contribution is 6.34. The Morgan fingerprint density at radius 1 is 0.737 bits per heavy atom. The predicted octanol–water partition coefficient (Wildman–Crippen LogP) is 5.70. The van der Waals surface area contributed by atoms with E-state index >= 15 is 0 Å². The van der Waals surface area contributed by atoms with Gasteiger partial charge in [0.15, 0.2) is 5.78 Å². The molecular weight excluding hydrogens is 480 g/mol. The molecule has 1 saturated heterocycles. The Hall–Kier alpha value is -4.39. The smallest absolute Gasteiger partial charge is 0.271 e. The van der Waals surface area contributed by atoms with Crippen molar-refractivity contribution in [2.75, 3.05) is 4.90 Å². The first kappa shape index (κ1) is 24.0. The van der Waals surface area contributed by atoms with Crippen LogP contribution in [0.3, 0.4) is 0 Å². The molecule has 2 fully saturated rings. The average molecular weight is 507 g/mol. The van der Waals surface area contributed by atoms with Crippen LogP contribution in [0.1, 0.15) is 37.8 Å². The number of hydrogen-bond donors (Lipinski definition) is 0. The van der Waals surface area contributed by atoms with Crippen LogP contribution in [0, 0.1) is 32.8 Å². The van der Waals surface area contributed by atoms with Gasteiger partial charge in [0, 0.05) is 12.1 Å². The van der Waals surface area contributed by atoms with Crippen molar-refractivity contribution in [3.05, 3.63) is 106 Å². The zero-order valence-corrected chi connectivity index (χ0v) is 21.1. The number of imide groups is 1. The van der Waals surface area contributed by atoms with Gasteiger partial charge in [-0.25, -0.2) is 4.90 Å². The number of nitro benzene ring substituents is 1. The number of non-ortho nitro benzene ring substituents is 1. The molecule has 4 atom stereocenters. The molecular formula is C31H26N2O5. The number of hydrogen-bond acceptors (Lipinski definition) is 5. The van der Waals surface area contributed by atoms with Gasteiger partial charge >= 0.3 is 0 Å². The van der Waals surface area contributed by atoms with Crippen LogP contribution >= 0.6 is 0 Å². The minimum Gasteiger partial charge on any atom is -0.298 e. The van der Waals surface area contributed by atoms with Gasteiger partial charge in [0.05, 0.1) is 33.3 Å². The molecule has 0 aromatic heterocycles. The summed E-state index contributed by atoms with van der Waals surface area (Å²) in [6.07, 6.45) is 0.716.